The lowest BCUT2D eigenvalue weighted by Crippen LogP contribution is -2.48. The number of aromatic amines is 1. The molecule has 0 spiro atoms. The fraction of sp³-hybridized carbons (Fsp3) is 0.433. The lowest BCUT2D eigenvalue weighted by molar-refractivity contribution is -0.134. The van der Waals surface area contributed by atoms with E-state index in [1.807, 2.05) is 29.3 Å². The van der Waals surface area contributed by atoms with Crippen molar-refractivity contribution in [3.05, 3.63) is 65.9 Å². The SMILES string of the molecule is O=C(C1CC1)N1CCN(Cc2ccnc(Cc3nc4ccc(-c5ccnc(OCC6CC6)n5)cc4[nH]3)c2)CC1. The molecule has 0 unspecified atom stereocenters. The fourth-order valence-electron chi connectivity index (χ4n) is 5.22. The molecule has 1 saturated heterocycles. The van der Waals surface area contributed by atoms with Crippen LogP contribution in [0.4, 0.5) is 0 Å². The number of amides is 1. The number of fused-ring (bicyclic) bond motifs is 1. The van der Waals surface area contributed by atoms with Gasteiger partial charge in [-0.15, -0.1) is 0 Å². The third-order valence-corrected chi connectivity index (χ3v) is 7.85. The van der Waals surface area contributed by atoms with Crippen LogP contribution in [0.15, 0.2) is 48.8 Å². The third-order valence-electron chi connectivity index (χ3n) is 7.85. The molecule has 9 heteroatoms. The molecule has 1 aromatic carbocycles. The Morgan fingerprint density at radius 2 is 1.79 bits per heavy atom. The van der Waals surface area contributed by atoms with E-state index in [1.165, 1.54) is 18.4 Å². The molecule has 9 nitrogen and oxygen atoms in total. The maximum absolute atomic E-state index is 12.3. The average Bonchev–Trinajstić information content (AvgIpc) is 3.90. The molecule has 0 radical (unpaired) electrons. The number of nitrogens with one attached hydrogen (secondary N) is 1. The highest BCUT2D eigenvalue weighted by Gasteiger charge is 2.34. The highest BCUT2D eigenvalue weighted by molar-refractivity contribution is 5.81. The molecule has 7 rings (SSSR count). The number of carbonyl (C=O) groups excluding carboxylic acids is 1. The van der Waals surface area contributed by atoms with E-state index in [9.17, 15) is 4.79 Å². The summed E-state index contributed by atoms with van der Waals surface area (Å²) in [5.74, 6) is 2.21. The summed E-state index contributed by atoms with van der Waals surface area (Å²) in [7, 11) is 0. The summed E-state index contributed by atoms with van der Waals surface area (Å²) >= 11 is 0. The molecular weight excluding hydrogens is 490 g/mol. The number of pyridine rings is 1. The van der Waals surface area contributed by atoms with Crippen LogP contribution in [0.1, 0.15) is 42.8 Å². The Kier molecular flexibility index (Phi) is 6.44. The minimum Gasteiger partial charge on any atom is -0.463 e. The first-order valence-electron chi connectivity index (χ1n) is 14.1. The predicted molar refractivity (Wildman–Crippen MR) is 147 cm³/mol. The van der Waals surface area contributed by atoms with E-state index >= 15 is 0 Å². The number of hydrogen-bond acceptors (Lipinski definition) is 7. The number of ether oxygens (including phenoxy) is 1. The average molecular weight is 524 g/mol. The van der Waals surface area contributed by atoms with Gasteiger partial charge in [0, 0.05) is 68.7 Å². The van der Waals surface area contributed by atoms with Gasteiger partial charge >= 0.3 is 6.01 Å². The number of benzene rings is 1. The largest absolute Gasteiger partial charge is 0.463 e. The molecule has 39 heavy (non-hydrogen) atoms. The third kappa shape index (κ3) is 5.78. The summed E-state index contributed by atoms with van der Waals surface area (Å²) in [6.45, 7) is 5.07. The van der Waals surface area contributed by atoms with Crippen LogP contribution in [-0.4, -0.2) is 73.4 Å². The topological polar surface area (TPSA) is 100 Å². The molecule has 2 aliphatic carbocycles. The zero-order valence-electron chi connectivity index (χ0n) is 22.1. The number of piperazine rings is 1. The lowest BCUT2D eigenvalue weighted by atomic mass is 10.1. The molecular formula is C30H33N7O2. The van der Waals surface area contributed by atoms with Crippen LogP contribution >= 0.6 is 0 Å². The van der Waals surface area contributed by atoms with Gasteiger partial charge in [0.05, 0.1) is 23.3 Å². The van der Waals surface area contributed by atoms with Gasteiger partial charge in [-0.25, -0.2) is 9.97 Å². The van der Waals surface area contributed by atoms with Crippen molar-refractivity contribution in [1.29, 1.82) is 0 Å². The van der Waals surface area contributed by atoms with Gasteiger partial charge in [-0.05, 0) is 67.5 Å². The number of imidazole rings is 1. The highest BCUT2D eigenvalue weighted by atomic mass is 16.5. The molecule has 3 aliphatic rings. The summed E-state index contributed by atoms with van der Waals surface area (Å²) in [5.41, 5.74) is 5.95. The maximum atomic E-state index is 12.3. The smallest absolute Gasteiger partial charge is 0.316 e. The molecule has 4 aromatic rings. The Morgan fingerprint density at radius 3 is 2.62 bits per heavy atom. The van der Waals surface area contributed by atoms with Crippen LogP contribution in [0.5, 0.6) is 6.01 Å². The normalized spacial score (nSPS) is 18.0. The van der Waals surface area contributed by atoms with Crippen molar-refractivity contribution in [1.82, 2.24) is 34.7 Å². The molecule has 0 atom stereocenters. The Morgan fingerprint density at radius 1 is 0.949 bits per heavy atom. The van der Waals surface area contributed by atoms with E-state index < -0.39 is 0 Å². The van der Waals surface area contributed by atoms with Crippen LogP contribution in [0, 0.1) is 11.8 Å². The maximum Gasteiger partial charge on any atom is 0.316 e. The Balaban J connectivity index is 0.995. The van der Waals surface area contributed by atoms with Gasteiger partial charge in [-0.3, -0.25) is 14.7 Å². The van der Waals surface area contributed by atoms with Crippen LogP contribution in [-0.2, 0) is 17.8 Å². The number of aromatic nitrogens is 5. The standard InChI is InChI=1S/C30H33N7O2/c38-29(22-3-4-22)37-13-11-36(12-14-37)18-21-7-9-31-24(15-21)17-28-33-26-6-5-23(16-27(26)34-28)25-8-10-32-30(35-25)39-19-20-1-2-20/h5-10,15-16,20,22H,1-4,11-14,17-19H2,(H,33,34). The Labute approximate surface area is 227 Å². The molecule has 3 aromatic heterocycles. The number of carbonyl (C=O) groups is 1. The second-order valence-electron chi connectivity index (χ2n) is 11.1. The lowest BCUT2D eigenvalue weighted by Gasteiger charge is -2.35. The molecule has 4 heterocycles. The van der Waals surface area contributed by atoms with Crippen molar-refractivity contribution in [2.45, 2.75) is 38.6 Å². The minimum absolute atomic E-state index is 0.306. The van der Waals surface area contributed by atoms with Crippen molar-refractivity contribution in [3.8, 4) is 17.3 Å². The van der Waals surface area contributed by atoms with Crippen LogP contribution in [0.3, 0.4) is 0 Å². The van der Waals surface area contributed by atoms with Crippen molar-refractivity contribution in [3.63, 3.8) is 0 Å². The molecule has 1 aliphatic heterocycles. The van der Waals surface area contributed by atoms with Crippen LogP contribution in [0.25, 0.3) is 22.3 Å². The van der Waals surface area contributed by atoms with Gasteiger partial charge in [-0.1, -0.05) is 6.07 Å². The minimum atomic E-state index is 0.306. The second kappa shape index (κ2) is 10.4. The van der Waals surface area contributed by atoms with E-state index in [0.717, 1.165) is 79.4 Å². The summed E-state index contributed by atoms with van der Waals surface area (Å²) in [4.78, 5) is 38.6. The van der Waals surface area contributed by atoms with Crippen molar-refractivity contribution < 1.29 is 9.53 Å². The molecule has 3 fully saturated rings. The van der Waals surface area contributed by atoms with E-state index in [-0.39, 0.29) is 0 Å². The first-order valence-corrected chi connectivity index (χ1v) is 14.1. The van der Waals surface area contributed by atoms with Gasteiger partial charge in [0.1, 0.15) is 5.82 Å². The zero-order chi connectivity index (χ0) is 26.2. The predicted octanol–water partition coefficient (Wildman–Crippen LogP) is 3.85. The van der Waals surface area contributed by atoms with Gasteiger partial charge in [-0.2, -0.15) is 4.98 Å². The number of H-pyrrole nitrogens is 1. The monoisotopic (exact) mass is 523 g/mol. The van der Waals surface area contributed by atoms with E-state index in [0.29, 0.717) is 36.8 Å². The summed E-state index contributed by atoms with van der Waals surface area (Å²) < 4.78 is 5.76. The van der Waals surface area contributed by atoms with Crippen molar-refractivity contribution >= 4 is 16.9 Å². The van der Waals surface area contributed by atoms with Crippen molar-refractivity contribution in [2.75, 3.05) is 32.8 Å². The highest BCUT2D eigenvalue weighted by Crippen LogP contribution is 2.31. The van der Waals surface area contributed by atoms with Gasteiger partial charge in [0.25, 0.3) is 0 Å². The molecule has 2 saturated carbocycles. The molecule has 0 bridgehead atoms. The van der Waals surface area contributed by atoms with Crippen LogP contribution < -0.4 is 4.74 Å². The number of rotatable bonds is 9. The molecule has 1 amide bonds. The van der Waals surface area contributed by atoms with Crippen molar-refractivity contribution in [2.24, 2.45) is 11.8 Å². The van der Waals surface area contributed by atoms with E-state index in [1.54, 1.807) is 6.20 Å². The van der Waals surface area contributed by atoms with E-state index in [2.05, 4.69) is 43.0 Å². The van der Waals surface area contributed by atoms with E-state index in [4.69, 9.17) is 9.72 Å². The number of hydrogen-bond donors (Lipinski definition) is 1. The zero-order valence-corrected chi connectivity index (χ0v) is 22.1. The molecule has 200 valence electrons. The summed E-state index contributed by atoms with van der Waals surface area (Å²) in [6.07, 6.45) is 8.88. The first-order chi connectivity index (χ1) is 19.2. The van der Waals surface area contributed by atoms with Gasteiger partial charge in [0.15, 0.2) is 0 Å². The quantitative estimate of drug-likeness (QED) is 0.356. The summed E-state index contributed by atoms with van der Waals surface area (Å²) in [5, 5.41) is 0. The summed E-state index contributed by atoms with van der Waals surface area (Å²) in [6, 6.07) is 12.7. The number of nitrogens with zero attached hydrogens (tertiary/aromatic N) is 6. The Bertz CT molecular complexity index is 1490. The van der Waals surface area contributed by atoms with Gasteiger partial charge < -0.3 is 14.6 Å². The van der Waals surface area contributed by atoms with Gasteiger partial charge in [0.2, 0.25) is 5.91 Å². The second-order valence-corrected chi connectivity index (χ2v) is 11.1. The van der Waals surface area contributed by atoms with Crippen LogP contribution in [0.2, 0.25) is 0 Å². The first kappa shape index (κ1) is 24.2. The fourth-order valence-corrected chi connectivity index (χ4v) is 5.22. The Hall–Kier alpha value is -3.85. The molecule has 1 N–H and O–H groups in total.